The van der Waals surface area contributed by atoms with Gasteiger partial charge < -0.3 is 19.1 Å². The minimum Gasteiger partial charge on any atom is -0.497 e. The number of sulfonamides is 1. The summed E-state index contributed by atoms with van der Waals surface area (Å²) in [5.74, 6) is -0.192. The number of fused-ring (bicyclic) bond motifs is 1. The zero-order valence-corrected chi connectivity index (χ0v) is 20.7. The predicted molar refractivity (Wildman–Crippen MR) is 132 cm³/mol. The van der Waals surface area contributed by atoms with E-state index in [0.717, 1.165) is 4.31 Å². The fraction of sp³-hybridized carbons (Fsp3) is 0.231. The maximum Gasteiger partial charge on any atom is 0.326 e. The Balaban J connectivity index is 1.71. The normalized spacial score (nSPS) is 15.9. The average Bonchev–Trinajstić information content (AvgIpc) is 3.10. The molecule has 9 nitrogen and oxygen atoms in total. The topological polar surface area (TPSA) is 102 Å². The zero-order valence-electron chi connectivity index (χ0n) is 19.9. The number of benzene rings is 3. The highest BCUT2D eigenvalue weighted by Gasteiger charge is 2.42. The monoisotopic (exact) mass is 510 g/mol. The van der Waals surface area contributed by atoms with Crippen molar-refractivity contribution in [2.45, 2.75) is 17.5 Å². The Bertz CT molecular complexity index is 1330. The molecule has 0 fully saturated rings. The van der Waals surface area contributed by atoms with Gasteiger partial charge >= 0.3 is 5.97 Å². The van der Waals surface area contributed by atoms with Crippen LogP contribution in [0.1, 0.15) is 5.56 Å². The van der Waals surface area contributed by atoms with Gasteiger partial charge in [-0.3, -0.25) is 9.59 Å². The highest BCUT2D eigenvalue weighted by atomic mass is 32.2. The Morgan fingerprint density at radius 3 is 2.22 bits per heavy atom. The lowest BCUT2D eigenvalue weighted by Gasteiger charge is -2.29. The van der Waals surface area contributed by atoms with Crippen LogP contribution in [0.4, 0.5) is 5.69 Å². The van der Waals surface area contributed by atoms with E-state index in [9.17, 15) is 18.0 Å². The molecule has 0 radical (unpaired) electrons. The Morgan fingerprint density at radius 1 is 0.889 bits per heavy atom. The van der Waals surface area contributed by atoms with Crippen molar-refractivity contribution >= 4 is 27.6 Å². The van der Waals surface area contributed by atoms with Crippen LogP contribution in [0.25, 0.3) is 0 Å². The number of nitrogens with zero attached hydrogens (tertiary/aromatic N) is 2. The van der Waals surface area contributed by atoms with Crippen LogP contribution in [0.2, 0.25) is 0 Å². The number of rotatable bonds is 7. The van der Waals surface area contributed by atoms with E-state index in [-0.39, 0.29) is 24.6 Å². The number of hydrogen-bond acceptors (Lipinski definition) is 7. The van der Waals surface area contributed by atoms with Crippen LogP contribution in [0.3, 0.4) is 0 Å². The van der Waals surface area contributed by atoms with E-state index in [2.05, 4.69) is 0 Å². The van der Waals surface area contributed by atoms with Gasteiger partial charge in [-0.25, -0.2) is 8.42 Å². The molecular weight excluding hydrogens is 484 g/mol. The summed E-state index contributed by atoms with van der Waals surface area (Å²) >= 11 is 0. The number of amides is 1. The molecule has 0 saturated heterocycles. The van der Waals surface area contributed by atoms with Crippen molar-refractivity contribution in [3.8, 4) is 11.5 Å². The summed E-state index contributed by atoms with van der Waals surface area (Å²) in [5, 5.41) is 0. The molecule has 10 heteroatoms. The van der Waals surface area contributed by atoms with E-state index in [0.29, 0.717) is 22.7 Å². The van der Waals surface area contributed by atoms with Gasteiger partial charge in [-0.05, 0) is 48.0 Å². The molecule has 36 heavy (non-hydrogen) atoms. The molecule has 3 aromatic carbocycles. The molecule has 4 rings (SSSR count). The van der Waals surface area contributed by atoms with Gasteiger partial charge in [0.05, 0.1) is 25.7 Å². The first-order chi connectivity index (χ1) is 17.3. The Kier molecular flexibility index (Phi) is 7.56. The first-order valence-corrected chi connectivity index (χ1v) is 12.6. The quantitative estimate of drug-likeness (QED) is 0.451. The van der Waals surface area contributed by atoms with Crippen molar-refractivity contribution in [3.63, 3.8) is 0 Å². The van der Waals surface area contributed by atoms with E-state index in [1.165, 1.54) is 43.4 Å². The summed E-state index contributed by atoms with van der Waals surface area (Å²) in [5.41, 5.74) is 1.06. The third-order valence-corrected chi connectivity index (χ3v) is 7.73. The summed E-state index contributed by atoms with van der Waals surface area (Å²) < 4.78 is 44.2. The smallest absolute Gasteiger partial charge is 0.326 e. The highest BCUT2D eigenvalue weighted by molar-refractivity contribution is 7.89. The van der Waals surface area contributed by atoms with Crippen molar-refractivity contribution in [1.29, 1.82) is 0 Å². The first kappa shape index (κ1) is 25.2. The van der Waals surface area contributed by atoms with Gasteiger partial charge in [0.15, 0.2) is 6.61 Å². The van der Waals surface area contributed by atoms with Crippen LogP contribution in [0.15, 0.2) is 83.8 Å². The van der Waals surface area contributed by atoms with Gasteiger partial charge in [-0.1, -0.05) is 36.4 Å². The fourth-order valence-electron chi connectivity index (χ4n) is 3.99. The molecule has 0 saturated carbocycles. The molecule has 0 spiro atoms. The molecular formula is C26H26N2O7S. The van der Waals surface area contributed by atoms with Crippen LogP contribution >= 0.6 is 0 Å². The first-order valence-electron chi connectivity index (χ1n) is 11.1. The molecule has 1 aliphatic heterocycles. The second-order valence-electron chi connectivity index (χ2n) is 8.00. The van der Waals surface area contributed by atoms with Crippen LogP contribution in [0, 0.1) is 0 Å². The minimum atomic E-state index is -4.15. The van der Waals surface area contributed by atoms with E-state index < -0.39 is 27.9 Å². The molecule has 0 aliphatic carbocycles. The van der Waals surface area contributed by atoms with Crippen molar-refractivity contribution in [2.24, 2.45) is 0 Å². The minimum absolute atomic E-state index is 0.0122. The Hall–Kier alpha value is -3.89. The summed E-state index contributed by atoms with van der Waals surface area (Å²) in [4.78, 5) is 27.6. The van der Waals surface area contributed by atoms with Crippen LogP contribution in [-0.4, -0.2) is 58.0 Å². The maximum absolute atomic E-state index is 13.7. The molecule has 3 aromatic rings. The number of anilines is 1. The van der Waals surface area contributed by atoms with Crippen molar-refractivity contribution in [1.82, 2.24) is 4.31 Å². The number of para-hydroxylation sites is 2. The van der Waals surface area contributed by atoms with Gasteiger partial charge in [0.2, 0.25) is 10.0 Å². The Morgan fingerprint density at radius 2 is 1.56 bits per heavy atom. The molecule has 188 valence electrons. The fourth-order valence-corrected chi connectivity index (χ4v) is 5.54. The van der Waals surface area contributed by atoms with Crippen LogP contribution in [-0.2, 0) is 30.9 Å². The number of methoxy groups -OCH3 is 2. The van der Waals surface area contributed by atoms with Gasteiger partial charge in [0, 0.05) is 12.2 Å². The summed E-state index contributed by atoms with van der Waals surface area (Å²) in [7, 11) is -1.49. The number of carbonyl (C=O) groups is 2. The number of hydrogen-bond donors (Lipinski definition) is 0. The molecule has 0 N–H and O–H groups in total. The lowest BCUT2D eigenvalue weighted by atomic mass is 10.1. The number of carbonyl (C=O) groups excluding carboxylic acids is 2. The maximum atomic E-state index is 13.7. The third kappa shape index (κ3) is 5.19. The van der Waals surface area contributed by atoms with E-state index in [1.807, 2.05) is 6.07 Å². The lowest BCUT2D eigenvalue weighted by molar-refractivity contribution is -0.145. The largest absolute Gasteiger partial charge is 0.497 e. The van der Waals surface area contributed by atoms with E-state index >= 15 is 0 Å². The summed E-state index contributed by atoms with van der Waals surface area (Å²) in [6.07, 6.45) is 0. The molecule has 0 bridgehead atoms. The van der Waals surface area contributed by atoms with Gasteiger partial charge in [0.25, 0.3) is 5.91 Å². The van der Waals surface area contributed by atoms with Gasteiger partial charge in [-0.2, -0.15) is 4.31 Å². The molecule has 1 amide bonds. The SMILES string of the molecule is COC(=O)C1CN(C(=O)COc2ccccc2)c2ccccc2CN1S(=O)(=O)c1ccc(OC)cc1. The molecule has 1 aliphatic rings. The van der Waals surface area contributed by atoms with E-state index in [4.69, 9.17) is 14.2 Å². The molecule has 1 atom stereocenters. The van der Waals surface area contributed by atoms with Crippen molar-refractivity contribution in [2.75, 3.05) is 32.3 Å². The molecule has 1 heterocycles. The predicted octanol–water partition coefficient (Wildman–Crippen LogP) is 2.85. The Labute approximate surface area is 209 Å². The second-order valence-corrected chi connectivity index (χ2v) is 9.89. The zero-order chi connectivity index (χ0) is 25.7. The highest BCUT2D eigenvalue weighted by Crippen LogP contribution is 2.32. The average molecular weight is 511 g/mol. The van der Waals surface area contributed by atoms with Gasteiger partial charge in [0.1, 0.15) is 17.5 Å². The third-order valence-electron chi connectivity index (χ3n) is 5.86. The number of esters is 1. The number of ether oxygens (including phenoxy) is 3. The summed E-state index contributed by atoms with van der Waals surface area (Å²) in [6, 6.07) is 20.4. The lowest BCUT2D eigenvalue weighted by Crippen LogP contribution is -2.51. The molecule has 0 aromatic heterocycles. The summed E-state index contributed by atoms with van der Waals surface area (Å²) in [6.45, 7) is -0.666. The van der Waals surface area contributed by atoms with Crippen molar-refractivity contribution in [3.05, 3.63) is 84.4 Å². The van der Waals surface area contributed by atoms with E-state index in [1.54, 1.807) is 48.5 Å². The second kappa shape index (κ2) is 10.8. The van der Waals surface area contributed by atoms with Crippen LogP contribution in [0.5, 0.6) is 11.5 Å². The standard InChI is InChI=1S/C26H26N2O7S/c1-33-20-12-14-22(15-13-20)36(31,32)28-16-19-8-6-7-11-23(19)27(17-24(28)26(30)34-2)25(29)18-35-21-9-4-3-5-10-21/h3-15,24H,16-18H2,1-2H3. The van der Waals surface area contributed by atoms with Gasteiger partial charge in [-0.15, -0.1) is 0 Å². The van der Waals surface area contributed by atoms with Crippen molar-refractivity contribution < 1.29 is 32.2 Å². The van der Waals surface area contributed by atoms with Crippen LogP contribution < -0.4 is 14.4 Å². The molecule has 1 unspecified atom stereocenters.